The van der Waals surface area contributed by atoms with Gasteiger partial charge in [0.15, 0.2) is 0 Å². The fourth-order valence-corrected chi connectivity index (χ4v) is 4.05. The van der Waals surface area contributed by atoms with E-state index in [2.05, 4.69) is 36.4 Å². The quantitative estimate of drug-likeness (QED) is 0.767. The van der Waals surface area contributed by atoms with E-state index in [4.69, 9.17) is 4.74 Å². The lowest BCUT2D eigenvalue weighted by Gasteiger charge is -2.12. The van der Waals surface area contributed by atoms with Crippen LogP contribution >= 0.6 is 11.8 Å². The highest BCUT2D eigenvalue weighted by atomic mass is 32.2. The van der Waals surface area contributed by atoms with Gasteiger partial charge in [-0.2, -0.15) is 0 Å². The Morgan fingerprint density at radius 1 is 1.28 bits per heavy atom. The van der Waals surface area contributed by atoms with Crippen LogP contribution in [0.3, 0.4) is 0 Å². The molecule has 2 heteroatoms. The number of fused-ring (bicyclic) bond motifs is 2. The van der Waals surface area contributed by atoms with Crippen molar-refractivity contribution in [2.45, 2.75) is 17.2 Å². The van der Waals surface area contributed by atoms with Gasteiger partial charge >= 0.3 is 0 Å². The van der Waals surface area contributed by atoms with Crippen LogP contribution in [0, 0.1) is 6.07 Å². The highest BCUT2D eigenvalue weighted by molar-refractivity contribution is 7.99. The summed E-state index contributed by atoms with van der Waals surface area (Å²) in [5, 5.41) is 0. The SMILES string of the molecule is [c]1ccc2c(c1)C(c1ccc3c(c1)CCO3)CS2. The van der Waals surface area contributed by atoms with Gasteiger partial charge in [0.05, 0.1) is 6.61 Å². The summed E-state index contributed by atoms with van der Waals surface area (Å²) in [5.74, 6) is 2.74. The van der Waals surface area contributed by atoms with Crippen LogP contribution in [0.5, 0.6) is 5.75 Å². The first-order chi connectivity index (χ1) is 8.92. The summed E-state index contributed by atoms with van der Waals surface area (Å²) in [5.41, 5.74) is 4.22. The largest absolute Gasteiger partial charge is 0.493 e. The van der Waals surface area contributed by atoms with E-state index in [0.29, 0.717) is 5.92 Å². The molecule has 2 heterocycles. The third-order valence-electron chi connectivity index (χ3n) is 3.75. The summed E-state index contributed by atoms with van der Waals surface area (Å²) in [6, 6.07) is 16.2. The number of rotatable bonds is 1. The molecule has 0 N–H and O–H groups in total. The molecule has 2 aliphatic rings. The van der Waals surface area contributed by atoms with Crippen LogP contribution in [-0.4, -0.2) is 12.4 Å². The summed E-state index contributed by atoms with van der Waals surface area (Å²) in [7, 11) is 0. The molecule has 0 spiro atoms. The minimum Gasteiger partial charge on any atom is -0.493 e. The molecule has 0 saturated heterocycles. The van der Waals surface area contributed by atoms with E-state index in [1.807, 2.05) is 17.8 Å². The zero-order chi connectivity index (χ0) is 11.9. The fourth-order valence-electron chi connectivity index (χ4n) is 2.79. The van der Waals surface area contributed by atoms with Crippen LogP contribution in [0.4, 0.5) is 0 Å². The fraction of sp³-hybridized carbons (Fsp3) is 0.250. The van der Waals surface area contributed by atoms with Gasteiger partial charge in [-0.3, -0.25) is 0 Å². The molecule has 2 aromatic carbocycles. The lowest BCUT2D eigenvalue weighted by atomic mass is 9.92. The van der Waals surface area contributed by atoms with Crippen LogP contribution in [0.15, 0.2) is 41.3 Å². The minimum atomic E-state index is 0.522. The number of benzene rings is 2. The van der Waals surface area contributed by atoms with Crippen LogP contribution in [-0.2, 0) is 6.42 Å². The Bertz CT molecular complexity index is 606. The number of ether oxygens (including phenoxy) is 1. The van der Waals surface area contributed by atoms with Crippen molar-refractivity contribution in [1.82, 2.24) is 0 Å². The Labute approximate surface area is 111 Å². The predicted octanol–water partition coefficient (Wildman–Crippen LogP) is 3.66. The Kier molecular flexibility index (Phi) is 2.37. The topological polar surface area (TPSA) is 9.23 Å². The van der Waals surface area contributed by atoms with Crippen molar-refractivity contribution in [2.75, 3.05) is 12.4 Å². The van der Waals surface area contributed by atoms with Gasteiger partial charge in [0, 0.05) is 23.0 Å². The molecule has 1 radical (unpaired) electrons. The van der Waals surface area contributed by atoms with Crippen LogP contribution in [0.1, 0.15) is 22.6 Å². The second kappa shape index (κ2) is 4.06. The Morgan fingerprint density at radius 2 is 2.28 bits per heavy atom. The molecule has 1 nitrogen and oxygen atoms in total. The van der Waals surface area contributed by atoms with Crippen molar-refractivity contribution in [3.8, 4) is 5.75 Å². The van der Waals surface area contributed by atoms with Crippen LogP contribution in [0.25, 0.3) is 0 Å². The Morgan fingerprint density at radius 3 is 3.28 bits per heavy atom. The monoisotopic (exact) mass is 253 g/mol. The van der Waals surface area contributed by atoms with E-state index in [-0.39, 0.29) is 0 Å². The smallest absolute Gasteiger partial charge is 0.122 e. The van der Waals surface area contributed by atoms with Gasteiger partial charge in [0.2, 0.25) is 0 Å². The van der Waals surface area contributed by atoms with E-state index >= 15 is 0 Å². The molecule has 2 aromatic rings. The molecular weight excluding hydrogens is 240 g/mol. The molecule has 0 fully saturated rings. The van der Waals surface area contributed by atoms with Crippen molar-refractivity contribution in [3.63, 3.8) is 0 Å². The second-order valence-corrected chi connectivity index (χ2v) is 5.85. The molecule has 0 saturated carbocycles. The summed E-state index contributed by atoms with van der Waals surface area (Å²) < 4.78 is 5.57. The van der Waals surface area contributed by atoms with Gasteiger partial charge in [-0.1, -0.05) is 18.2 Å². The molecule has 89 valence electrons. The van der Waals surface area contributed by atoms with Gasteiger partial charge < -0.3 is 4.74 Å². The van der Waals surface area contributed by atoms with E-state index in [1.165, 1.54) is 21.6 Å². The molecule has 18 heavy (non-hydrogen) atoms. The summed E-state index contributed by atoms with van der Waals surface area (Å²) in [6.45, 7) is 0.836. The summed E-state index contributed by atoms with van der Waals surface area (Å²) in [6.07, 6.45) is 1.05. The molecule has 0 aliphatic carbocycles. The maximum absolute atomic E-state index is 5.57. The Hall–Kier alpha value is -1.41. The minimum absolute atomic E-state index is 0.522. The van der Waals surface area contributed by atoms with E-state index < -0.39 is 0 Å². The molecule has 1 atom stereocenters. The van der Waals surface area contributed by atoms with Crippen molar-refractivity contribution in [3.05, 3.63) is 59.2 Å². The molecule has 2 aliphatic heterocycles. The molecule has 0 amide bonds. The summed E-state index contributed by atoms with van der Waals surface area (Å²) in [4.78, 5) is 1.41. The van der Waals surface area contributed by atoms with Crippen molar-refractivity contribution >= 4 is 11.8 Å². The number of hydrogen-bond donors (Lipinski definition) is 0. The van der Waals surface area contributed by atoms with Gasteiger partial charge in [-0.05, 0) is 41.0 Å². The van der Waals surface area contributed by atoms with Crippen molar-refractivity contribution < 1.29 is 4.74 Å². The predicted molar refractivity (Wildman–Crippen MR) is 73.5 cm³/mol. The lowest BCUT2D eigenvalue weighted by Crippen LogP contribution is -1.99. The van der Waals surface area contributed by atoms with Crippen LogP contribution in [0.2, 0.25) is 0 Å². The molecule has 0 aromatic heterocycles. The third kappa shape index (κ3) is 1.56. The molecule has 1 unspecified atom stereocenters. The zero-order valence-electron chi connectivity index (χ0n) is 9.98. The van der Waals surface area contributed by atoms with E-state index in [1.54, 1.807) is 0 Å². The average Bonchev–Trinajstić information content (AvgIpc) is 3.04. The van der Waals surface area contributed by atoms with Crippen molar-refractivity contribution in [2.24, 2.45) is 0 Å². The zero-order valence-corrected chi connectivity index (χ0v) is 10.8. The lowest BCUT2D eigenvalue weighted by molar-refractivity contribution is 0.357. The average molecular weight is 253 g/mol. The second-order valence-electron chi connectivity index (χ2n) is 4.79. The molecular formula is C16H13OS. The first-order valence-corrected chi connectivity index (χ1v) is 7.29. The first-order valence-electron chi connectivity index (χ1n) is 6.30. The number of hydrogen-bond acceptors (Lipinski definition) is 2. The van der Waals surface area contributed by atoms with Gasteiger partial charge in [0.25, 0.3) is 0 Å². The van der Waals surface area contributed by atoms with Gasteiger partial charge in [-0.25, -0.2) is 0 Å². The maximum Gasteiger partial charge on any atom is 0.122 e. The standard InChI is InChI=1S/C16H13OS/c1-2-4-16-13(3-1)14(10-18-16)11-5-6-15-12(9-11)7-8-17-15/h2-6,9,14H,7-8,10H2. The first kappa shape index (κ1) is 10.5. The van der Waals surface area contributed by atoms with Gasteiger partial charge in [-0.15, -0.1) is 11.8 Å². The van der Waals surface area contributed by atoms with Crippen LogP contribution < -0.4 is 4.74 Å². The Balaban J connectivity index is 1.77. The van der Waals surface area contributed by atoms with Crippen molar-refractivity contribution in [1.29, 1.82) is 0 Å². The molecule has 0 bridgehead atoms. The maximum atomic E-state index is 5.57. The highest BCUT2D eigenvalue weighted by Crippen LogP contribution is 2.43. The van der Waals surface area contributed by atoms with E-state index in [9.17, 15) is 0 Å². The third-order valence-corrected chi connectivity index (χ3v) is 4.93. The highest BCUT2D eigenvalue weighted by Gasteiger charge is 2.25. The normalized spacial score (nSPS) is 20.3. The van der Waals surface area contributed by atoms with E-state index in [0.717, 1.165) is 24.5 Å². The molecule has 4 rings (SSSR count). The van der Waals surface area contributed by atoms with Gasteiger partial charge in [0.1, 0.15) is 5.75 Å². The summed E-state index contributed by atoms with van der Waals surface area (Å²) >= 11 is 1.95. The number of thioether (sulfide) groups is 1.